The molecular weight excluding hydrogens is 313 g/mol. The molecule has 1 aliphatic rings. The lowest BCUT2D eigenvalue weighted by Crippen LogP contribution is -2.37. The minimum absolute atomic E-state index is 0.0527. The Labute approximate surface area is 131 Å². The number of halogens is 3. The smallest absolute Gasteiger partial charge is 0.369 e. The van der Waals surface area contributed by atoms with Crippen LogP contribution in [0.3, 0.4) is 0 Å². The van der Waals surface area contributed by atoms with Gasteiger partial charge in [0.1, 0.15) is 0 Å². The van der Waals surface area contributed by atoms with E-state index in [1.165, 1.54) is 10.9 Å². The van der Waals surface area contributed by atoms with E-state index < -0.39 is 36.4 Å². The van der Waals surface area contributed by atoms with Crippen LogP contribution in [0.5, 0.6) is 0 Å². The molecule has 1 aliphatic heterocycles. The third-order valence-corrected chi connectivity index (χ3v) is 4.03. The van der Waals surface area contributed by atoms with E-state index in [2.05, 4.69) is 5.10 Å². The minimum atomic E-state index is -4.58. The zero-order chi connectivity index (χ0) is 17.5. The Morgan fingerprint density at radius 3 is 2.39 bits per heavy atom. The molecule has 0 spiro atoms. The normalized spacial score (nSPS) is 22.0. The van der Waals surface area contributed by atoms with Crippen molar-refractivity contribution >= 4 is 11.8 Å². The quantitative estimate of drug-likeness (QED) is 0.905. The number of rotatable bonds is 3. The van der Waals surface area contributed by atoms with Gasteiger partial charge in [-0.1, -0.05) is 13.8 Å². The van der Waals surface area contributed by atoms with Gasteiger partial charge in [-0.05, 0) is 5.92 Å². The van der Waals surface area contributed by atoms with Crippen molar-refractivity contribution in [2.75, 3.05) is 13.1 Å². The number of amides is 2. The number of hydrogen-bond donors (Lipinski definition) is 1. The van der Waals surface area contributed by atoms with Crippen LogP contribution in [-0.2, 0) is 11.8 Å². The molecule has 9 heteroatoms. The lowest BCUT2D eigenvalue weighted by atomic mass is 9.95. The summed E-state index contributed by atoms with van der Waals surface area (Å²) in [4.78, 5) is 24.9. The topological polar surface area (TPSA) is 81.2 Å². The van der Waals surface area contributed by atoms with Crippen LogP contribution < -0.4 is 5.73 Å². The molecule has 1 fully saturated rings. The monoisotopic (exact) mass is 332 g/mol. The number of carbonyl (C=O) groups excluding carboxylic acids is 2. The zero-order valence-electron chi connectivity index (χ0n) is 13.1. The molecule has 128 valence electrons. The summed E-state index contributed by atoms with van der Waals surface area (Å²) in [5.74, 6) is -5.00. The second-order valence-electron chi connectivity index (χ2n) is 6.12. The number of aromatic nitrogens is 2. The fraction of sp³-hybridized carbons (Fsp3) is 0.643. The first-order valence-electron chi connectivity index (χ1n) is 7.21. The summed E-state index contributed by atoms with van der Waals surface area (Å²) in [6.45, 7) is 2.79. The highest BCUT2D eigenvalue weighted by Gasteiger charge is 2.53. The summed E-state index contributed by atoms with van der Waals surface area (Å²) in [6.07, 6.45) is -3.09. The predicted molar refractivity (Wildman–Crippen MR) is 75.4 cm³/mol. The Morgan fingerprint density at radius 2 is 1.96 bits per heavy atom. The van der Waals surface area contributed by atoms with Crippen molar-refractivity contribution in [3.05, 3.63) is 17.5 Å². The third kappa shape index (κ3) is 3.32. The predicted octanol–water partition coefficient (Wildman–Crippen LogP) is 1.28. The average Bonchev–Trinajstić information content (AvgIpc) is 3.00. The van der Waals surface area contributed by atoms with Gasteiger partial charge in [-0.25, -0.2) is 0 Å². The summed E-state index contributed by atoms with van der Waals surface area (Å²) < 4.78 is 40.6. The Balaban J connectivity index is 2.30. The summed E-state index contributed by atoms with van der Waals surface area (Å²) >= 11 is 0. The first-order valence-corrected chi connectivity index (χ1v) is 7.21. The van der Waals surface area contributed by atoms with Crippen LogP contribution in [0.4, 0.5) is 13.2 Å². The third-order valence-electron chi connectivity index (χ3n) is 4.03. The van der Waals surface area contributed by atoms with E-state index in [4.69, 9.17) is 5.73 Å². The van der Waals surface area contributed by atoms with Crippen LogP contribution in [0.1, 0.15) is 35.8 Å². The zero-order valence-corrected chi connectivity index (χ0v) is 13.1. The van der Waals surface area contributed by atoms with Gasteiger partial charge in [0.25, 0.3) is 5.91 Å². The summed E-state index contributed by atoms with van der Waals surface area (Å²) in [7, 11) is 1.64. The minimum Gasteiger partial charge on any atom is -0.369 e. The van der Waals surface area contributed by atoms with Gasteiger partial charge >= 0.3 is 6.18 Å². The van der Waals surface area contributed by atoms with Crippen molar-refractivity contribution in [3.63, 3.8) is 0 Å². The maximum absolute atomic E-state index is 13.1. The van der Waals surface area contributed by atoms with Gasteiger partial charge < -0.3 is 10.6 Å². The highest BCUT2D eigenvalue weighted by Crippen LogP contribution is 2.38. The van der Waals surface area contributed by atoms with Gasteiger partial charge in [-0.15, -0.1) is 0 Å². The van der Waals surface area contributed by atoms with Crippen molar-refractivity contribution in [2.24, 2.45) is 24.6 Å². The van der Waals surface area contributed by atoms with Crippen LogP contribution in [0.2, 0.25) is 0 Å². The second-order valence-corrected chi connectivity index (χ2v) is 6.12. The molecule has 2 rings (SSSR count). The van der Waals surface area contributed by atoms with Crippen molar-refractivity contribution in [3.8, 4) is 0 Å². The number of nitrogens with two attached hydrogens (primary N) is 1. The van der Waals surface area contributed by atoms with Crippen molar-refractivity contribution < 1.29 is 22.8 Å². The molecule has 23 heavy (non-hydrogen) atoms. The van der Waals surface area contributed by atoms with Crippen molar-refractivity contribution in [1.82, 2.24) is 14.7 Å². The van der Waals surface area contributed by atoms with Gasteiger partial charge in [-0.3, -0.25) is 14.3 Å². The first-order chi connectivity index (χ1) is 10.5. The lowest BCUT2D eigenvalue weighted by Gasteiger charge is -2.18. The number of primary amides is 1. The van der Waals surface area contributed by atoms with E-state index in [0.29, 0.717) is 5.69 Å². The van der Waals surface area contributed by atoms with Crippen molar-refractivity contribution in [2.45, 2.75) is 25.9 Å². The van der Waals surface area contributed by atoms with Crippen molar-refractivity contribution in [1.29, 1.82) is 0 Å². The van der Waals surface area contributed by atoms with E-state index in [0.717, 1.165) is 4.90 Å². The molecule has 1 saturated heterocycles. The van der Waals surface area contributed by atoms with E-state index in [-0.39, 0.29) is 18.0 Å². The Bertz CT molecular complexity index is 624. The number of aryl methyl sites for hydroxylation is 1. The number of carbonyl (C=O) groups is 2. The summed E-state index contributed by atoms with van der Waals surface area (Å²) in [5, 5.41) is 4.18. The van der Waals surface area contributed by atoms with E-state index in [1.54, 1.807) is 7.05 Å². The molecule has 6 nitrogen and oxygen atoms in total. The number of hydrogen-bond acceptors (Lipinski definition) is 3. The highest BCUT2D eigenvalue weighted by molar-refractivity contribution is 5.96. The molecule has 0 bridgehead atoms. The van der Waals surface area contributed by atoms with E-state index in [9.17, 15) is 22.8 Å². The van der Waals surface area contributed by atoms with Gasteiger partial charge in [0.2, 0.25) is 5.91 Å². The maximum Gasteiger partial charge on any atom is 0.394 e. The van der Waals surface area contributed by atoms with Crippen LogP contribution in [-0.4, -0.2) is 45.8 Å². The molecule has 2 amide bonds. The molecule has 0 aromatic carbocycles. The average molecular weight is 332 g/mol. The van der Waals surface area contributed by atoms with Crippen LogP contribution in [0.25, 0.3) is 0 Å². The van der Waals surface area contributed by atoms with E-state index >= 15 is 0 Å². The van der Waals surface area contributed by atoms with Gasteiger partial charge in [0.15, 0.2) is 0 Å². The molecule has 0 unspecified atom stereocenters. The molecule has 0 radical (unpaired) electrons. The van der Waals surface area contributed by atoms with Crippen LogP contribution >= 0.6 is 0 Å². The number of likely N-dealkylation sites (tertiary alicyclic amines) is 1. The lowest BCUT2D eigenvalue weighted by molar-refractivity contribution is -0.182. The Morgan fingerprint density at radius 1 is 1.35 bits per heavy atom. The molecule has 1 aromatic rings. The van der Waals surface area contributed by atoms with Gasteiger partial charge in [0.05, 0.1) is 23.1 Å². The highest BCUT2D eigenvalue weighted by atomic mass is 19.4. The number of alkyl halides is 3. The van der Waals surface area contributed by atoms with Crippen LogP contribution in [0, 0.1) is 11.8 Å². The summed E-state index contributed by atoms with van der Waals surface area (Å²) in [5.41, 5.74) is 5.85. The standard InChI is InChI=1S/C14H19F3N4O2/c1-7(2)11-9(4-20(3)19-11)13(23)21-5-8(12(18)22)10(6-21)14(15,16)17/h4,7-8,10H,5-6H2,1-3H3,(H2,18,22)/t8-,10-/m1/s1. The van der Waals surface area contributed by atoms with Gasteiger partial charge in [0, 0.05) is 26.3 Å². The van der Waals surface area contributed by atoms with Crippen LogP contribution in [0.15, 0.2) is 6.20 Å². The maximum atomic E-state index is 13.1. The van der Waals surface area contributed by atoms with E-state index in [1.807, 2.05) is 13.8 Å². The first kappa shape index (κ1) is 17.3. The Kier molecular flexibility index (Phi) is 4.41. The fourth-order valence-corrected chi connectivity index (χ4v) is 2.86. The molecule has 0 aliphatic carbocycles. The number of nitrogens with zero attached hydrogens (tertiary/aromatic N) is 3. The molecule has 2 heterocycles. The summed E-state index contributed by atoms with van der Waals surface area (Å²) in [6, 6.07) is 0. The fourth-order valence-electron chi connectivity index (χ4n) is 2.86. The van der Waals surface area contributed by atoms with Gasteiger partial charge in [-0.2, -0.15) is 18.3 Å². The SMILES string of the molecule is CC(C)c1nn(C)cc1C(=O)N1C[C@@H](C(F)(F)F)[C@H](C(N)=O)C1. The molecule has 2 N–H and O–H groups in total. The largest absolute Gasteiger partial charge is 0.394 e. The Hall–Kier alpha value is -2.06. The molecular formula is C14H19F3N4O2. The molecule has 1 aromatic heterocycles. The second kappa shape index (κ2) is 5.86. The molecule has 0 saturated carbocycles. The molecule has 2 atom stereocenters.